The third-order valence-electron chi connectivity index (χ3n) is 2.28. The van der Waals surface area contributed by atoms with E-state index in [9.17, 15) is 84.1 Å². The molecule has 50 heteroatoms. The summed E-state index contributed by atoms with van der Waals surface area (Å²) in [5, 5.41) is 0. The van der Waals surface area contributed by atoms with E-state index in [1.807, 2.05) is 0 Å². The van der Waals surface area contributed by atoms with Crippen LogP contribution in [0, 0.1) is 0 Å². The monoisotopic (exact) mass is 1030 g/mol. The van der Waals surface area contributed by atoms with Gasteiger partial charge >= 0.3 is 93.9 Å². The van der Waals surface area contributed by atoms with Gasteiger partial charge in [-0.25, -0.2) is 54.8 Å². The molecule has 0 saturated heterocycles. The largest absolute Gasteiger partial charge is 0.490 e. The Labute approximate surface area is 281 Å². The number of hydrogen-bond donors (Lipinski definition) is 14. The van der Waals surface area contributed by atoms with Crippen LogP contribution in [0.3, 0.4) is 0 Å². The van der Waals surface area contributed by atoms with Crippen LogP contribution in [0.25, 0.3) is 0 Å². The molecule has 37 nitrogen and oxygen atoms in total. The third kappa shape index (κ3) is 26.2. The van der Waals surface area contributed by atoms with Gasteiger partial charge in [-0.2, -0.15) is 47.4 Å². The molecule has 0 saturated carbocycles. The Morgan fingerprint density at radius 1 is 0.200 bits per heavy atom. The summed E-state index contributed by atoms with van der Waals surface area (Å²) in [6, 6.07) is 0. The van der Waals surface area contributed by atoms with Crippen LogP contribution < -0.4 is 0 Å². The Morgan fingerprint density at radius 2 is 0.280 bits per heavy atom. The van der Waals surface area contributed by atoms with Gasteiger partial charge < -0.3 is 68.5 Å². The van der Waals surface area contributed by atoms with Gasteiger partial charge in [0.05, 0.1) is 0 Å². The fourth-order valence-electron chi connectivity index (χ4n) is 1.59. The Kier molecular flexibility index (Phi) is 19.4. The van der Waals surface area contributed by atoms with Crippen LogP contribution >= 0.6 is 93.9 Å². The van der Waals surface area contributed by atoms with Crippen molar-refractivity contribution in [3.8, 4) is 0 Å². The van der Waals surface area contributed by atoms with Gasteiger partial charge in [0, 0.05) is 17.1 Å². The summed E-state index contributed by atoms with van der Waals surface area (Å²) in [5.41, 5.74) is 0. The first-order valence-corrected chi connectivity index (χ1v) is 27.0. The second-order valence-electron chi connectivity index (χ2n) is 6.56. The first kappa shape index (κ1) is 54.4. The maximum Gasteiger partial charge on any atom is 0.490 e. The van der Waals surface area contributed by atoms with E-state index in [1.54, 1.807) is 0 Å². The van der Waals surface area contributed by atoms with Crippen LogP contribution in [0.4, 0.5) is 0 Å². The van der Waals surface area contributed by atoms with E-state index in [0.717, 1.165) is 0 Å². The van der Waals surface area contributed by atoms with Crippen molar-refractivity contribution in [1.82, 2.24) is 0 Å². The Morgan fingerprint density at radius 3 is 0.360 bits per heavy atom. The first-order valence-electron chi connectivity index (χ1n) is 9.01. The number of phosphoric acid groups is 12. The van der Waals surface area contributed by atoms with E-state index in [1.165, 1.54) is 0 Å². The molecule has 0 aliphatic heterocycles. The summed E-state index contributed by atoms with van der Waals surface area (Å²) in [4.78, 5) is 125. The minimum Gasteiger partial charge on any atom is -0.302 e. The summed E-state index contributed by atoms with van der Waals surface area (Å²) in [6.07, 6.45) is 0. The molecule has 304 valence electrons. The van der Waals surface area contributed by atoms with E-state index in [0.29, 0.717) is 0 Å². The molecule has 0 spiro atoms. The quantitative estimate of drug-likeness (QED) is 0.0514. The van der Waals surface area contributed by atoms with Gasteiger partial charge in [-0.1, -0.05) is 0 Å². The zero-order valence-electron chi connectivity index (χ0n) is 21.4. The second kappa shape index (κ2) is 17.8. The molecule has 10 atom stereocenters. The maximum absolute atomic E-state index is 11.8. The molecule has 0 amide bonds. The van der Waals surface area contributed by atoms with Gasteiger partial charge in [0.15, 0.2) is 0 Å². The Hall–Kier alpha value is 2.28. The molecule has 14 N–H and O–H groups in total. The van der Waals surface area contributed by atoms with E-state index in [-0.39, 0.29) is 17.1 Å². The molecule has 0 aromatic carbocycles. The average Bonchev–Trinajstić information content (AvgIpc) is 2.52. The molecule has 0 fully saturated rings. The van der Waals surface area contributed by atoms with Crippen molar-refractivity contribution in [2.75, 3.05) is 0 Å². The van der Waals surface area contributed by atoms with Crippen molar-refractivity contribution in [3.05, 3.63) is 0 Å². The van der Waals surface area contributed by atoms with Crippen LogP contribution in [0.5, 0.6) is 0 Å². The summed E-state index contributed by atoms with van der Waals surface area (Å²) in [6.45, 7) is 0. The van der Waals surface area contributed by atoms with Gasteiger partial charge in [0.25, 0.3) is 0 Å². The Balaban J connectivity index is 0. The fourth-order valence-corrected chi connectivity index (χ4v) is 17.0. The van der Waals surface area contributed by atoms with Gasteiger partial charge in [-0.15, -0.1) is 0 Å². The molecule has 0 aliphatic carbocycles. The van der Waals surface area contributed by atoms with Crippen molar-refractivity contribution in [2.24, 2.45) is 0 Å². The summed E-state index contributed by atoms with van der Waals surface area (Å²) < 4.78 is 171. The predicted molar refractivity (Wildman–Crippen MR) is 134 cm³/mol. The van der Waals surface area contributed by atoms with E-state index in [4.69, 9.17) is 39.1 Å². The minimum absolute atomic E-state index is 0. The summed E-state index contributed by atoms with van der Waals surface area (Å²) >= 11 is 0. The van der Waals surface area contributed by atoms with Crippen molar-refractivity contribution in [2.45, 2.75) is 0 Å². The molecule has 10 unspecified atom stereocenters. The van der Waals surface area contributed by atoms with E-state index in [2.05, 4.69) is 47.4 Å². The van der Waals surface area contributed by atoms with Crippen LogP contribution in [-0.2, 0) is 119 Å². The van der Waals surface area contributed by atoms with Gasteiger partial charge in [0.1, 0.15) is 0 Å². The van der Waals surface area contributed by atoms with Crippen LogP contribution in [0.1, 0.15) is 0 Å². The number of rotatable bonds is 22. The van der Waals surface area contributed by atoms with Crippen molar-refractivity contribution in [1.29, 1.82) is 0 Å². The van der Waals surface area contributed by atoms with Crippen molar-refractivity contribution < 1.29 is 188 Å². The van der Waals surface area contributed by atoms with Crippen LogP contribution in [0.2, 0.25) is 0 Å². The molecular formula is H14FeO37P12. The standard InChI is InChI=1S/Fe.H14O37P12/c;1-38(2,3)27-40(7,8)29-42(11,12)31-44(15,16)33-46(19,20)35-48(23,24)37-49(25,26)36-47(21,22)34-45(17,18)32-43(13,14)30-41(9,10)28-39(4,5)6/h;(H,7,8)(H,9,10)(H,11,12)(H,13,14)(H,15,16)(H,17,18)(H,19,20)(H,21,22)(H,23,24)(H,25,26)(H2,1,2,3)(H2,4,5,6). The molecule has 0 rings (SSSR count). The smallest absolute Gasteiger partial charge is 0.302 e. The molecule has 0 bridgehead atoms. The zero-order chi connectivity index (χ0) is 39.8. The van der Waals surface area contributed by atoms with Gasteiger partial charge in [-0.05, 0) is 0 Å². The molecule has 50 heavy (non-hydrogen) atoms. The predicted octanol–water partition coefficient (Wildman–Crippen LogP) is 0.356. The normalized spacial score (nSPS) is 25.1. The van der Waals surface area contributed by atoms with Crippen molar-refractivity contribution >= 4 is 93.9 Å². The number of hydrogen-bond acceptors (Lipinski definition) is 23. The molecule has 0 aromatic heterocycles. The molecule has 0 heterocycles. The Bertz CT molecular complexity index is 1680. The summed E-state index contributed by atoms with van der Waals surface area (Å²) in [5.74, 6) is 0. The molecule has 0 radical (unpaired) electrons. The fraction of sp³-hybridized carbons (Fsp3) is 0. The molecule has 0 aliphatic rings. The van der Waals surface area contributed by atoms with Crippen molar-refractivity contribution in [3.63, 3.8) is 0 Å². The molecule has 0 aromatic rings. The second-order valence-corrected chi connectivity index (χ2v) is 25.1. The molecular weight excluding hydrogens is 1020 g/mol. The SMILES string of the molecule is O=P(O)(O)OP(=O)(O)OP(=O)(O)OP(=O)(O)OP(=O)(O)OP(=O)(O)OP(=O)(O)OP(=O)(O)OP(=O)(O)OP(=O)(O)OP(=O)(O)OP(=O)(O)O.[Fe]. The van der Waals surface area contributed by atoms with E-state index < -0.39 is 93.9 Å². The minimum atomic E-state index is -6.95. The van der Waals surface area contributed by atoms with Gasteiger partial charge in [-0.3, -0.25) is 0 Å². The van der Waals surface area contributed by atoms with E-state index >= 15 is 0 Å². The topological polar surface area (TPSA) is 590 Å². The summed E-state index contributed by atoms with van der Waals surface area (Å²) in [7, 11) is -79.5. The third-order valence-corrected chi connectivity index (χ3v) is 20.5. The van der Waals surface area contributed by atoms with Gasteiger partial charge in [0.2, 0.25) is 0 Å². The van der Waals surface area contributed by atoms with Crippen LogP contribution in [-0.4, -0.2) is 68.5 Å². The van der Waals surface area contributed by atoms with Crippen LogP contribution in [0.15, 0.2) is 0 Å². The zero-order valence-corrected chi connectivity index (χ0v) is 33.2. The maximum atomic E-state index is 11.8. The average molecular weight is 1030 g/mol. The first-order chi connectivity index (χ1) is 20.8.